The fourth-order valence-electron chi connectivity index (χ4n) is 1.83. The van der Waals surface area contributed by atoms with Gasteiger partial charge in [0.05, 0.1) is 0 Å². The predicted octanol–water partition coefficient (Wildman–Crippen LogP) is 1.88. The van der Waals surface area contributed by atoms with E-state index in [2.05, 4.69) is 17.1 Å². The minimum atomic E-state index is 0.954. The van der Waals surface area contributed by atoms with E-state index in [9.17, 15) is 0 Å². The van der Waals surface area contributed by atoms with Crippen LogP contribution in [0.15, 0.2) is 0 Å². The van der Waals surface area contributed by atoms with E-state index in [4.69, 9.17) is 0 Å². The Kier molecular flexibility index (Phi) is 2.75. The van der Waals surface area contributed by atoms with Crippen LogP contribution in [0.1, 0.15) is 25.7 Å². The van der Waals surface area contributed by atoms with Crippen LogP contribution in [0.4, 0.5) is 0 Å². The molecule has 2 heteroatoms. The van der Waals surface area contributed by atoms with Gasteiger partial charge < -0.3 is 5.32 Å². The third kappa shape index (κ3) is 2.12. The highest BCUT2D eigenvalue weighted by atomic mass is 32.2. The lowest BCUT2D eigenvalue weighted by atomic mass is 10.1. The van der Waals surface area contributed by atoms with Crippen molar-refractivity contribution in [2.45, 2.75) is 30.9 Å². The molecule has 11 heavy (non-hydrogen) atoms. The molecule has 64 valence electrons. The van der Waals surface area contributed by atoms with E-state index in [1.165, 1.54) is 44.5 Å². The average molecular weight is 171 g/mol. The molecule has 0 spiro atoms. The first-order valence-electron chi connectivity index (χ1n) is 4.77. The molecule has 1 saturated carbocycles. The highest BCUT2D eigenvalue weighted by molar-refractivity contribution is 8.00. The maximum atomic E-state index is 3.32. The van der Waals surface area contributed by atoms with Gasteiger partial charge in [-0.15, -0.1) is 0 Å². The van der Waals surface area contributed by atoms with Gasteiger partial charge in [-0.05, 0) is 24.5 Å². The summed E-state index contributed by atoms with van der Waals surface area (Å²) in [4.78, 5) is 0. The summed E-state index contributed by atoms with van der Waals surface area (Å²) in [5, 5.41) is 4.27. The smallest absolute Gasteiger partial charge is 0.0297 e. The Morgan fingerprint density at radius 3 is 2.45 bits per heavy atom. The van der Waals surface area contributed by atoms with Gasteiger partial charge >= 0.3 is 0 Å². The standard InChI is InChI=1S/C9H17NS/c1-2-4-8(3-1)7-11-9-5-10-6-9/h8-10H,1-7H2. The second-order valence-corrected chi connectivity index (χ2v) is 5.10. The summed E-state index contributed by atoms with van der Waals surface area (Å²) in [6.07, 6.45) is 6.00. The van der Waals surface area contributed by atoms with Crippen LogP contribution >= 0.6 is 11.8 Å². The topological polar surface area (TPSA) is 12.0 Å². The Balaban J connectivity index is 1.57. The fraction of sp³-hybridized carbons (Fsp3) is 1.00. The molecule has 2 rings (SSSR count). The van der Waals surface area contributed by atoms with Gasteiger partial charge in [0.15, 0.2) is 0 Å². The first kappa shape index (κ1) is 7.93. The molecule has 0 aromatic rings. The third-order valence-electron chi connectivity index (χ3n) is 2.79. The zero-order valence-corrected chi connectivity index (χ0v) is 7.83. The van der Waals surface area contributed by atoms with Crippen molar-refractivity contribution in [3.05, 3.63) is 0 Å². The van der Waals surface area contributed by atoms with E-state index in [1.807, 2.05) is 0 Å². The number of rotatable bonds is 3. The third-order valence-corrected chi connectivity index (χ3v) is 4.25. The van der Waals surface area contributed by atoms with Crippen LogP contribution in [0.5, 0.6) is 0 Å². The first-order chi connectivity index (χ1) is 5.45. The molecule has 0 aromatic carbocycles. The molecule has 2 fully saturated rings. The van der Waals surface area contributed by atoms with E-state index in [-0.39, 0.29) is 0 Å². The molecule has 2 aliphatic rings. The molecule has 0 unspecified atom stereocenters. The van der Waals surface area contributed by atoms with Crippen LogP contribution in [0, 0.1) is 5.92 Å². The number of nitrogens with one attached hydrogen (secondary N) is 1. The molecule has 1 heterocycles. The average Bonchev–Trinajstić information content (AvgIpc) is 2.36. The van der Waals surface area contributed by atoms with Crippen LogP contribution in [0.2, 0.25) is 0 Å². The Morgan fingerprint density at radius 2 is 1.91 bits per heavy atom. The number of hydrogen-bond donors (Lipinski definition) is 1. The van der Waals surface area contributed by atoms with Gasteiger partial charge in [0.25, 0.3) is 0 Å². The molecule has 0 amide bonds. The quantitative estimate of drug-likeness (QED) is 0.696. The molecule has 0 radical (unpaired) electrons. The van der Waals surface area contributed by atoms with Crippen LogP contribution in [-0.2, 0) is 0 Å². The maximum absolute atomic E-state index is 3.32. The van der Waals surface area contributed by atoms with Gasteiger partial charge in [-0.2, -0.15) is 11.8 Å². The number of thioether (sulfide) groups is 1. The van der Waals surface area contributed by atoms with Crippen molar-refractivity contribution in [2.75, 3.05) is 18.8 Å². The Bertz CT molecular complexity index is 117. The van der Waals surface area contributed by atoms with Gasteiger partial charge in [0, 0.05) is 18.3 Å². The van der Waals surface area contributed by atoms with Gasteiger partial charge in [-0.1, -0.05) is 12.8 Å². The van der Waals surface area contributed by atoms with Crippen LogP contribution < -0.4 is 5.32 Å². The monoisotopic (exact) mass is 171 g/mol. The SMILES string of the molecule is C1CCC(CSC2CNC2)C1. The second-order valence-electron chi connectivity index (χ2n) is 3.76. The summed E-state index contributed by atoms with van der Waals surface area (Å²) in [7, 11) is 0. The largest absolute Gasteiger partial charge is 0.314 e. The van der Waals surface area contributed by atoms with Crippen LogP contribution in [0.25, 0.3) is 0 Å². The minimum Gasteiger partial charge on any atom is -0.314 e. The number of hydrogen-bond acceptors (Lipinski definition) is 2. The zero-order valence-electron chi connectivity index (χ0n) is 7.01. The summed E-state index contributed by atoms with van der Waals surface area (Å²) >= 11 is 2.20. The van der Waals surface area contributed by atoms with Crippen LogP contribution in [0.3, 0.4) is 0 Å². The Morgan fingerprint density at radius 1 is 1.18 bits per heavy atom. The molecule has 1 nitrogen and oxygen atoms in total. The summed E-state index contributed by atoms with van der Waals surface area (Å²) in [6, 6.07) is 0. The molecule has 1 aliphatic carbocycles. The fourth-order valence-corrected chi connectivity index (χ4v) is 3.18. The van der Waals surface area contributed by atoms with Gasteiger partial charge in [-0.3, -0.25) is 0 Å². The summed E-state index contributed by atoms with van der Waals surface area (Å²) in [6.45, 7) is 2.52. The van der Waals surface area contributed by atoms with Crippen molar-refractivity contribution < 1.29 is 0 Å². The normalized spacial score (nSPS) is 27.3. The van der Waals surface area contributed by atoms with Gasteiger partial charge in [-0.25, -0.2) is 0 Å². The summed E-state index contributed by atoms with van der Waals surface area (Å²) in [5.74, 6) is 2.51. The lowest BCUT2D eigenvalue weighted by molar-refractivity contribution is 0.539. The van der Waals surface area contributed by atoms with Crippen molar-refractivity contribution in [3.8, 4) is 0 Å². The van der Waals surface area contributed by atoms with Gasteiger partial charge in [0.1, 0.15) is 0 Å². The van der Waals surface area contributed by atoms with E-state index < -0.39 is 0 Å². The van der Waals surface area contributed by atoms with E-state index in [1.54, 1.807) is 0 Å². The molecular weight excluding hydrogens is 154 g/mol. The van der Waals surface area contributed by atoms with E-state index in [0.29, 0.717) is 0 Å². The van der Waals surface area contributed by atoms with Crippen molar-refractivity contribution in [2.24, 2.45) is 5.92 Å². The van der Waals surface area contributed by atoms with E-state index in [0.717, 1.165) is 11.2 Å². The highest BCUT2D eigenvalue weighted by Crippen LogP contribution is 2.29. The Hall–Kier alpha value is 0.310. The second kappa shape index (κ2) is 3.81. The summed E-state index contributed by atoms with van der Waals surface area (Å²) in [5.41, 5.74) is 0. The lowest BCUT2D eigenvalue weighted by Gasteiger charge is -2.27. The molecular formula is C9H17NS. The molecule has 0 bridgehead atoms. The Labute approximate surface area is 73.3 Å². The summed E-state index contributed by atoms with van der Waals surface area (Å²) < 4.78 is 0. The zero-order chi connectivity index (χ0) is 7.52. The first-order valence-corrected chi connectivity index (χ1v) is 5.82. The molecule has 1 N–H and O–H groups in total. The van der Waals surface area contributed by atoms with Crippen molar-refractivity contribution >= 4 is 11.8 Å². The van der Waals surface area contributed by atoms with Crippen molar-refractivity contribution in [1.82, 2.24) is 5.32 Å². The molecule has 1 saturated heterocycles. The van der Waals surface area contributed by atoms with Crippen molar-refractivity contribution in [1.29, 1.82) is 0 Å². The molecule has 1 aliphatic heterocycles. The van der Waals surface area contributed by atoms with Crippen LogP contribution in [-0.4, -0.2) is 24.1 Å². The molecule has 0 atom stereocenters. The highest BCUT2D eigenvalue weighted by Gasteiger charge is 2.20. The van der Waals surface area contributed by atoms with Crippen molar-refractivity contribution in [3.63, 3.8) is 0 Å². The van der Waals surface area contributed by atoms with E-state index >= 15 is 0 Å². The molecule has 0 aromatic heterocycles. The lowest BCUT2D eigenvalue weighted by Crippen LogP contribution is -2.44. The minimum absolute atomic E-state index is 0.954. The van der Waals surface area contributed by atoms with Gasteiger partial charge in [0.2, 0.25) is 0 Å². The predicted molar refractivity (Wildman–Crippen MR) is 51.1 cm³/mol. The maximum Gasteiger partial charge on any atom is 0.0297 e.